The normalized spacial score (nSPS) is 21.8. The van der Waals surface area contributed by atoms with E-state index in [0.29, 0.717) is 0 Å². The summed E-state index contributed by atoms with van der Waals surface area (Å²) in [4.78, 5) is 35.4. The molecule has 0 bridgehead atoms. The van der Waals surface area contributed by atoms with E-state index in [-0.39, 0.29) is 19.6 Å². The molecule has 0 saturated heterocycles. The SMILES string of the molecule is CCOC(=O)CC1(C(=O)OCC)C=CC=CC1=O. The molecule has 1 unspecified atom stereocenters. The van der Waals surface area contributed by atoms with Crippen LogP contribution in [-0.2, 0) is 23.9 Å². The molecule has 1 aliphatic rings. The van der Waals surface area contributed by atoms with E-state index < -0.39 is 23.1 Å². The molecule has 1 aliphatic carbocycles. The zero-order valence-electron chi connectivity index (χ0n) is 10.5. The Morgan fingerprint density at radius 1 is 1.17 bits per heavy atom. The van der Waals surface area contributed by atoms with E-state index in [1.807, 2.05) is 0 Å². The minimum atomic E-state index is -1.57. The highest BCUT2D eigenvalue weighted by atomic mass is 16.5. The van der Waals surface area contributed by atoms with Crippen LogP contribution < -0.4 is 0 Å². The summed E-state index contributed by atoms with van der Waals surface area (Å²) in [6.45, 7) is 3.65. The van der Waals surface area contributed by atoms with Gasteiger partial charge in [-0.25, -0.2) is 0 Å². The summed E-state index contributed by atoms with van der Waals surface area (Å²) in [7, 11) is 0. The van der Waals surface area contributed by atoms with E-state index in [1.54, 1.807) is 19.9 Å². The van der Waals surface area contributed by atoms with Crippen molar-refractivity contribution in [2.45, 2.75) is 20.3 Å². The monoisotopic (exact) mass is 252 g/mol. The van der Waals surface area contributed by atoms with Gasteiger partial charge in [-0.05, 0) is 19.9 Å². The fourth-order valence-corrected chi connectivity index (χ4v) is 1.68. The molecule has 0 aromatic rings. The van der Waals surface area contributed by atoms with Gasteiger partial charge in [-0.2, -0.15) is 0 Å². The summed E-state index contributed by atoms with van der Waals surface area (Å²) in [6, 6.07) is 0. The van der Waals surface area contributed by atoms with Gasteiger partial charge in [0.05, 0.1) is 19.6 Å². The highest BCUT2D eigenvalue weighted by Gasteiger charge is 2.46. The summed E-state index contributed by atoms with van der Waals surface area (Å²) in [5.41, 5.74) is -1.57. The van der Waals surface area contributed by atoms with Crippen molar-refractivity contribution in [3.05, 3.63) is 24.3 Å². The molecule has 0 saturated carbocycles. The molecule has 0 heterocycles. The number of ether oxygens (including phenoxy) is 2. The number of carbonyl (C=O) groups is 3. The van der Waals surface area contributed by atoms with Crippen molar-refractivity contribution in [2.24, 2.45) is 5.41 Å². The van der Waals surface area contributed by atoms with Gasteiger partial charge in [-0.3, -0.25) is 14.4 Å². The molecule has 98 valence electrons. The van der Waals surface area contributed by atoms with E-state index in [2.05, 4.69) is 0 Å². The van der Waals surface area contributed by atoms with Crippen molar-refractivity contribution in [1.29, 1.82) is 0 Å². The first kappa shape index (κ1) is 14.2. The molecule has 0 N–H and O–H groups in total. The maximum atomic E-state index is 11.9. The zero-order valence-corrected chi connectivity index (χ0v) is 10.5. The fraction of sp³-hybridized carbons (Fsp3) is 0.462. The lowest BCUT2D eigenvalue weighted by Crippen LogP contribution is -2.41. The molecule has 1 rings (SSSR count). The lowest BCUT2D eigenvalue weighted by molar-refractivity contribution is -0.162. The Hall–Kier alpha value is -1.91. The maximum Gasteiger partial charge on any atom is 0.324 e. The number of rotatable bonds is 5. The van der Waals surface area contributed by atoms with Crippen molar-refractivity contribution < 1.29 is 23.9 Å². The molecule has 0 radical (unpaired) electrons. The first-order valence-electron chi connectivity index (χ1n) is 5.80. The van der Waals surface area contributed by atoms with Gasteiger partial charge >= 0.3 is 11.9 Å². The molecule has 18 heavy (non-hydrogen) atoms. The number of carbonyl (C=O) groups excluding carboxylic acids is 3. The summed E-state index contributed by atoms with van der Waals surface area (Å²) in [6.07, 6.45) is 5.39. The van der Waals surface area contributed by atoms with Crippen molar-refractivity contribution in [3.63, 3.8) is 0 Å². The Bertz CT molecular complexity index is 408. The Morgan fingerprint density at radius 2 is 1.83 bits per heavy atom. The van der Waals surface area contributed by atoms with Crippen LogP contribution in [0.4, 0.5) is 0 Å². The molecule has 5 heteroatoms. The third-order valence-electron chi connectivity index (χ3n) is 2.55. The Kier molecular flexibility index (Phi) is 4.83. The number of hydrogen-bond donors (Lipinski definition) is 0. The van der Waals surface area contributed by atoms with Crippen LogP contribution in [-0.4, -0.2) is 30.9 Å². The Balaban J connectivity index is 2.98. The zero-order chi connectivity index (χ0) is 13.6. The molecule has 0 aromatic carbocycles. The molecule has 0 aliphatic heterocycles. The van der Waals surface area contributed by atoms with Gasteiger partial charge < -0.3 is 9.47 Å². The molecule has 0 fully saturated rings. The fourth-order valence-electron chi connectivity index (χ4n) is 1.68. The Labute approximate surface area is 105 Å². The van der Waals surface area contributed by atoms with E-state index >= 15 is 0 Å². The van der Waals surface area contributed by atoms with Crippen LogP contribution >= 0.6 is 0 Å². The average molecular weight is 252 g/mol. The van der Waals surface area contributed by atoms with Gasteiger partial charge in [0.25, 0.3) is 0 Å². The molecular weight excluding hydrogens is 236 g/mol. The van der Waals surface area contributed by atoms with Crippen LogP contribution in [0.25, 0.3) is 0 Å². The predicted octanol–water partition coefficient (Wildman–Crippen LogP) is 1.18. The van der Waals surface area contributed by atoms with Crippen LogP contribution in [0, 0.1) is 5.41 Å². The molecular formula is C13H16O5. The van der Waals surface area contributed by atoms with Crippen LogP contribution in [0.15, 0.2) is 24.3 Å². The Morgan fingerprint density at radius 3 is 2.39 bits per heavy atom. The third-order valence-corrected chi connectivity index (χ3v) is 2.55. The minimum Gasteiger partial charge on any atom is -0.466 e. The topological polar surface area (TPSA) is 69.7 Å². The van der Waals surface area contributed by atoms with Crippen molar-refractivity contribution in [2.75, 3.05) is 13.2 Å². The number of hydrogen-bond acceptors (Lipinski definition) is 5. The van der Waals surface area contributed by atoms with E-state index in [9.17, 15) is 14.4 Å². The highest BCUT2D eigenvalue weighted by molar-refractivity contribution is 6.13. The molecule has 0 spiro atoms. The molecule has 0 amide bonds. The van der Waals surface area contributed by atoms with Crippen LogP contribution in [0.5, 0.6) is 0 Å². The lowest BCUT2D eigenvalue weighted by atomic mass is 9.77. The van der Waals surface area contributed by atoms with Gasteiger partial charge in [0.2, 0.25) is 0 Å². The van der Waals surface area contributed by atoms with E-state index in [4.69, 9.17) is 9.47 Å². The van der Waals surface area contributed by atoms with Crippen LogP contribution in [0.3, 0.4) is 0 Å². The van der Waals surface area contributed by atoms with Gasteiger partial charge in [-0.15, -0.1) is 0 Å². The standard InChI is InChI=1S/C13H16O5/c1-3-17-11(15)9-13(12(16)18-4-2)8-6-5-7-10(13)14/h5-8H,3-4,9H2,1-2H3. The summed E-state index contributed by atoms with van der Waals surface area (Å²) in [5.74, 6) is -1.78. The summed E-state index contributed by atoms with van der Waals surface area (Å²) in [5, 5.41) is 0. The van der Waals surface area contributed by atoms with Crippen LogP contribution in [0.2, 0.25) is 0 Å². The van der Waals surface area contributed by atoms with E-state index in [1.165, 1.54) is 18.2 Å². The molecule has 5 nitrogen and oxygen atoms in total. The number of ketones is 1. The number of allylic oxidation sites excluding steroid dienone is 3. The van der Waals surface area contributed by atoms with Gasteiger partial charge in [-0.1, -0.05) is 18.2 Å². The lowest BCUT2D eigenvalue weighted by Gasteiger charge is -2.26. The predicted molar refractivity (Wildman–Crippen MR) is 63.6 cm³/mol. The summed E-state index contributed by atoms with van der Waals surface area (Å²) >= 11 is 0. The first-order chi connectivity index (χ1) is 8.56. The highest BCUT2D eigenvalue weighted by Crippen LogP contribution is 2.31. The number of esters is 2. The van der Waals surface area contributed by atoms with Gasteiger partial charge in [0.1, 0.15) is 0 Å². The quantitative estimate of drug-likeness (QED) is 0.543. The first-order valence-corrected chi connectivity index (χ1v) is 5.80. The third kappa shape index (κ3) is 2.85. The second kappa shape index (κ2) is 6.14. The van der Waals surface area contributed by atoms with Crippen LogP contribution in [0.1, 0.15) is 20.3 Å². The molecule has 1 atom stereocenters. The van der Waals surface area contributed by atoms with Gasteiger partial charge in [0.15, 0.2) is 11.2 Å². The second-order valence-corrected chi connectivity index (χ2v) is 3.76. The maximum absolute atomic E-state index is 11.9. The average Bonchev–Trinajstić information content (AvgIpc) is 2.32. The van der Waals surface area contributed by atoms with Crippen molar-refractivity contribution >= 4 is 17.7 Å². The van der Waals surface area contributed by atoms with Crippen molar-refractivity contribution in [3.8, 4) is 0 Å². The second-order valence-electron chi connectivity index (χ2n) is 3.76. The summed E-state index contributed by atoms with van der Waals surface area (Å²) < 4.78 is 9.67. The molecule has 0 aromatic heterocycles. The largest absolute Gasteiger partial charge is 0.466 e. The van der Waals surface area contributed by atoms with Gasteiger partial charge in [0, 0.05) is 0 Å². The van der Waals surface area contributed by atoms with E-state index in [0.717, 1.165) is 0 Å². The smallest absolute Gasteiger partial charge is 0.324 e. The van der Waals surface area contributed by atoms with Crippen molar-refractivity contribution in [1.82, 2.24) is 0 Å². The minimum absolute atomic E-state index is 0.147.